The third kappa shape index (κ3) is 4.84. The standard InChI is InChI=1S/C19H13Cl2N3O/c20-16-8-7-14(18(21)12-16)11-15(13-23)19(25)24(10-4-9-22)17-5-2-1-3-6-17/h1-3,5-8,11-12H,4,10H2/b15-11+. The van der Waals surface area contributed by atoms with Crippen LogP contribution in [0.3, 0.4) is 0 Å². The molecule has 0 bridgehead atoms. The summed E-state index contributed by atoms with van der Waals surface area (Å²) >= 11 is 12.0. The molecule has 2 rings (SSSR count). The van der Waals surface area contributed by atoms with Gasteiger partial charge in [0.15, 0.2) is 0 Å². The van der Waals surface area contributed by atoms with Crippen molar-refractivity contribution in [1.82, 2.24) is 0 Å². The van der Waals surface area contributed by atoms with Crippen molar-refractivity contribution in [3.8, 4) is 12.1 Å². The Morgan fingerprint density at radius 1 is 1.12 bits per heavy atom. The Kier molecular flexibility index (Phi) is 6.60. The van der Waals surface area contributed by atoms with E-state index in [1.807, 2.05) is 18.2 Å². The van der Waals surface area contributed by atoms with E-state index in [0.717, 1.165) is 0 Å². The predicted molar refractivity (Wildman–Crippen MR) is 99.1 cm³/mol. The van der Waals surface area contributed by atoms with Crippen molar-refractivity contribution < 1.29 is 4.79 Å². The van der Waals surface area contributed by atoms with Crippen LogP contribution >= 0.6 is 23.2 Å². The SMILES string of the molecule is N#CCCN(C(=O)/C(C#N)=C/c1ccc(Cl)cc1Cl)c1ccccc1. The molecule has 0 heterocycles. The third-order valence-electron chi connectivity index (χ3n) is 3.37. The first-order valence-electron chi connectivity index (χ1n) is 7.37. The molecule has 0 aliphatic carbocycles. The largest absolute Gasteiger partial charge is 0.307 e. The second-order valence-corrected chi connectivity index (χ2v) is 5.88. The Hall–Kier alpha value is -2.79. The fourth-order valence-corrected chi connectivity index (χ4v) is 2.64. The van der Waals surface area contributed by atoms with Crippen LogP contribution in [-0.4, -0.2) is 12.5 Å². The van der Waals surface area contributed by atoms with Gasteiger partial charge in [-0.1, -0.05) is 47.5 Å². The van der Waals surface area contributed by atoms with Gasteiger partial charge in [0.1, 0.15) is 11.6 Å². The van der Waals surface area contributed by atoms with Crippen molar-refractivity contribution in [1.29, 1.82) is 10.5 Å². The molecule has 4 nitrogen and oxygen atoms in total. The van der Waals surface area contributed by atoms with Crippen molar-refractivity contribution in [3.63, 3.8) is 0 Å². The van der Waals surface area contributed by atoms with Gasteiger partial charge in [0, 0.05) is 22.3 Å². The zero-order chi connectivity index (χ0) is 18.2. The highest BCUT2D eigenvalue weighted by atomic mass is 35.5. The highest BCUT2D eigenvalue weighted by Gasteiger charge is 2.20. The first kappa shape index (κ1) is 18.5. The fraction of sp³-hybridized carbons (Fsp3) is 0.105. The van der Waals surface area contributed by atoms with Crippen LogP contribution in [-0.2, 0) is 4.79 Å². The summed E-state index contributed by atoms with van der Waals surface area (Å²) in [5.74, 6) is -0.491. The smallest absolute Gasteiger partial charge is 0.268 e. The number of halogens is 2. The number of benzene rings is 2. The zero-order valence-corrected chi connectivity index (χ0v) is 14.6. The van der Waals surface area contributed by atoms with Gasteiger partial charge in [-0.15, -0.1) is 0 Å². The number of nitrogens with zero attached hydrogens (tertiary/aromatic N) is 3. The van der Waals surface area contributed by atoms with Crippen molar-refractivity contribution >= 4 is 40.9 Å². The molecule has 0 unspecified atom stereocenters. The topological polar surface area (TPSA) is 67.9 Å². The maximum Gasteiger partial charge on any atom is 0.268 e. The Balaban J connectivity index is 2.40. The van der Waals surface area contributed by atoms with Crippen LogP contribution in [0.4, 0.5) is 5.69 Å². The average Bonchev–Trinajstić information content (AvgIpc) is 2.62. The van der Waals surface area contributed by atoms with Crippen LogP contribution in [0.1, 0.15) is 12.0 Å². The molecule has 6 heteroatoms. The monoisotopic (exact) mass is 369 g/mol. The third-order valence-corrected chi connectivity index (χ3v) is 3.94. The number of carbonyl (C=O) groups excluding carboxylic acids is 1. The van der Waals surface area contributed by atoms with E-state index in [4.69, 9.17) is 28.5 Å². The van der Waals surface area contributed by atoms with Crippen molar-refractivity contribution in [3.05, 3.63) is 69.7 Å². The molecular weight excluding hydrogens is 357 g/mol. The quantitative estimate of drug-likeness (QED) is 0.558. The molecule has 0 aliphatic rings. The Morgan fingerprint density at radius 2 is 1.84 bits per heavy atom. The normalized spacial score (nSPS) is 10.6. The minimum atomic E-state index is -0.491. The number of hydrogen-bond donors (Lipinski definition) is 0. The van der Waals surface area contributed by atoms with Gasteiger partial charge in [-0.2, -0.15) is 10.5 Å². The first-order chi connectivity index (χ1) is 12.1. The molecule has 0 radical (unpaired) electrons. The van der Waals surface area contributed by atoms with Gasteiger partial charge in [-0.3, -0.25) is 4.79 Å². The van der Waals surface area contributed by atoms with Gasteiger partial charge in [-0.05, 0) is 35.9 Å². The molecule has 0 aromatic heterocycles. The predicted octanol–water partition coefficient (Wildman–Crippen LogP) is 4.85. The van der Waals surface area contributed by atoms with E-state index in [-0.39, 0.29) is 18.5 Å². The summed E-state index contributed by atoms with van der Waals surface area (Å²) in [6, 6.07) is 17.6. The number of amides is 1. The number of rotatable bonds is 5. The number of anilines is 1. The number of carbonyl (C=O) groups is 1. The minimum Gasteiger partial charge on any atom is -0.307 e. The summed E-state index contributed by atoms with van der Waals surface area (Å²) in [5, 5.41) is 19.1. The van der Waals surface area contributed by atoms with Crippen LogP contribution in [0.15, 0.2) is 54.1 Å². The van der Waals surface area contributed by atoms with E-state index >= 15 is 0 Å². The van der Waals surface area contributed by atoms with E-state index in [9.17, 15) is 10.1 Å². The molecule has 0 aliphatic heterocycles. The van der Waals surface area contributed by atoms with E-state index in [0.29, 0.717) is 21.3 Å². The lowest BCUT2D eigenvalue weighted by Gasteiger charge is -2.21. The first-order valence-corrected chi connectivity index (χ1v) is 8.13. The van der Waals surface area contributed by atoms with Gasteiger partial charge < -0.3 is 4.90 Å². The summed E-state index contributed by atoms with van der Waals surface area (Å²) in [4.78, 5) is 14.2. The Labute approximate surface area is 156 Å². The van der Waals surface area contributed by atoms with Crippen LogP contribution in [0, 0.1) is 22.7 Å². The van der Waals surface area contributed by atoms with Crippen molar-refractivity contribution in [2.75, 3.05) is 11.4 Å². The zero-order valence-electron chi connectivity index (χ0n) is 13.1. The maximum atomic E-state index is 12.8. The van der Waals surface area contributed by atoms with Crippen molar-refractivity contribution in [2.24, 2.45) is 0 Å². The molecule has 0 saturated heterocycles. The second-order valence-electron chi connectivity index (χ2n) is 5.04. The van der Waals surface area contributed by atoms with E-state index < -0.39 is 5.91 Å². The Morgan fingerprint density at radius 3 is 2.44 bits per heavy atom. The van der Waals surface area contributed by atoms with E-state index in [2.05, 4.69) is 0 Å². The molecule has 25 heavy (non-hydrogen) atoms. The van der Waals surface area contributed by atoms with Crippen LogP contribution < -0.4 is 4.90 Å². The molecule has 2 aromatic rings. The Bertz CT molecular complexity index is 880. The van der Waals surface area contributed by atoms with Gasteiger partial charge in [-0.25, -0.2) is 0 Å². The minimum absolute atomic E-state index is 0.0778. The van der Waals surface area contributed by atoms with Crippen LogP contribution in [0.2, 0.25) is 10.0 Å². The summed E-state index contributed by atoms with van der Waals surface area (Å²) in [5.41, 5.74) is 1.06. The average molecular weight is 370 g/mol. The molecule has 0 N–H and O–H groups in total. The van der Waals surface area contributed by atoms with Gasteiger partial charge in [0.25, 0.3) is 5.91 Å². The molecular formula is C19H13Cl2N3O. The highest BCUT2D eigenvalue weighted by Crippen LogP contribution is 2.24. The van der Waals surface area contributed by atoms with E-state index in [1.54, 1.807) is 42.5 Å². The molecule has 124 valence electrons. The maximum absolute atomic E-state index is 12.8. The van der Waals surface area contributed by atoms with Crippen LogP contribution in [0.25, 0.3) is 6.08 Å². The number of para-hydroxylation sites is 1. The molecule has 0 spiro atoms. The summed E-state index contributed by atoms with van der Waals surface area (Å²) in [7, 11) is 0. The number of nitriles is 2. The van der Waals surface area contributed by atoms with Crippen molar-refractivity contribution in [2.45, 2.75) is 6.42 Å². The van der Waals surface area contributed by atoms with Crippen LogP contribution in [0.5, 0.6) is 0 Å². The van der Waals surface area contributed by atoms with E-state index in [1.165, 1.54) is 11.0 Å². The molecule has 0 saturated carbocycles. The lowest BCUT2D eigenvalue weighted by atomic mass is 10.1. The van der Waals surface area contributed by atoms with Gasteiger partial charge >= 0.3 is 0 Å². The van der Waals surface area contributed by atoms with Gasteiger partial charge in [0.2, 0.25) is 0 Å². The summed E-state index contributed by atoms with van der Waals surface area (Å²) in [6.07, 6.45) is 1.57. The lowest BCUT2D eigenvalue weighted by Crippen LogP contribution is -2.32. The summed E-state index contributed by atoms with van der Waals surface area (Å²) in [6.45, 7) is 0.187. The lowest BCUT2D eigenvalue weighted by molar-refractivity contribution is -0.114. The fourth-order valence-electron chi connectivity index (χ4n) is 2.18. The van der Waals surface area contributed by atoms with Gasteiger partial charge in [0.05, 0.1) is 12.5 Å². The molecule has 1 amide bonds. The summed E-state index contributed by atoms with van der Waals surface area (Å²) < 4.78 is 0. The number of hydrogen-bond acceptors (Lipinski definition) is 3. The highest BCUT2D eigenvalue weighted by molar-refractivity contribution is 6.35. The second kappa shape index (κ2) is 8.89. The molecule has 2 aromatic carbocycles. The molecule has 0 fully saturated rings. The molecule has 0 atom stereocenters.